The van der Waals surface area contributed by atoms with Crippen molar-refractivity contribution < 1.29 is 4.74 Å². The van der Waals surface area contributed by atoms with Crippen molar-refractivity contribution in [3.8, 4) is 5.88 Å². The number of ether oxygens (including phenoxy) is 1. The van der Waals surface area contributed by atoms with Crippen molar-refractivity contribution in [3.63, 3.8) is 0 Å². The van der Waals surface area contributed by atoms with Crippen molar-refractivity contribution in [2.75, 3.05) is 13.0 Å². The molecule has 0 unspecified atom stereocenters. The minimum atomic E-state index is 0.521. The van der Waals surface area contributed by atoms with Crippen molar-refractivity contribution >= 4 is 22.8 Å². The molecule has 3 aromatic rings. The van der Waals surface area contributed by atoms with Crippen LogP contribution in [0.3, 0.4) is 0 Å². The summed E-state index contributed by atoms with van der Waals surface area (Å²) in [5, 5.41) is 0. The molecule has 0 bridgehead atoms. The van der Waals surface area contributed by atoms with E-state index < -0.39 is 0 Å². The predicted octanol–water partition coefficient (Wildman–Crippen LogP) is 2.66. The van der Waals surface area contributed by atoms with Gasteiger partial charge in [0.15, 0.2) is 5.65 Å². The maximum absolute atomic E-state index is 5.89. The number of aryl methyl sites for hydroxylation is 1. The SMILES string of the molecule is COc1ccc2nc(CCCl)n(Cc3cccnc3)c2n1. The van der Waals surface area contributed by atoms with E-state index in [0.29, 0.717) is 24.7 Å². The van der Waals surface area contributed by atoms with Gasteiger partial charge in [-0.15, -0.1) is 11.6 Å². The van der Waals surface area contributed by atoms with Gasteiger partial charge in [-0.25, -0.2) is 4.98 Å². The lowest BCUT2D eigenvalue weighted by Crippen LogP contribution is -2.07. The summed E-state index contributed by atoms with van der Waals surface area (Å²) < 4.78 is 7.27. The summed E-state index contributed by atoms with van der Waals surface area (Å²) in [6.07, 6.45) is 4.30. The third kappa shape index (κ3) is 2.83. The zero-order chi connectivity index (χ0) is 14.7. The van der Waals surface area contributed by atoms with Gasteiger partial charge < -0.3 is 9.30 Å². The standard InChI is InChI=1S/C15H15ClN4O/c1-21-14-5-4-12-15(19-14)20(13(18-12)6-7-16)10-11-3-2-8-17-9-11/h2-5,8-9H,6-7,10H2,1H3. The van der Waals surface area contributed by atoms with Crippen molar-refractivity contribution in [2.45, 2.75) is 13.0 Å². The fourth-order valence-electron chi connectivity index (χ4n) is 2.26. The average molecular weight is 303 g/mol. The Kier molecular flexibility index (Phi) is 4.01. The molecule has 108 valence electrons. The molecule has 0 aliphatic heterocycles. The van der Waals surface area contributed by atoms with Gasteiger partial charge in [-0.1, -0.05) is 6.07 Å². The Bertz CT molecular complexity index is 742. The van der Waals surface area contributed by atoms with Gasteiger partial charge in [-0.05, 0) is 17.7 Å². The van der Waals surface area contributed by atoms with Gasteiger partial charge in [-0.2, -0.15) is 4.98 Å². The van der Waals surface area contributed by atoms with Gasteiger partial charge in [0.1, 0.15) is 11.3 Å². The molecule has 0 aromatic carbocycles. The van der Waals surface area contributed by atoms with Crippen LogP contribution < -0.4 is 4.74 Å². The summed E-state index contributed by atoms with van der Waals surface area (Å²) in [6.45, 7) is 0.663. The number of methoxy groups -OCH3 is 1. The first-order valence-electron chi connectivity index (χ1n) is 6.67. The van der Waals surface area contributed by atoms with Gasteiger partial charge in [0.2, 0.25) is 5.88 Å². The van der Waals surface area contributed by atoms with Crippen molar-refractivity contribution in [1.29, 1.82) is 0 Å². The molecule has 0 aliphatic rings. The molecule has 3 aromatic heterocycles. The highest BCUT2D eigenvalue weighted by Crippen LogP contribution is 2.20. The largest absolute Gasteiger partial charge is 0.481 e. The van der Waals surface area contributed by atoms with Crippen LogP contribution in [0.4, 0.5) is 0 Å². The Morgan fingerprint density at radius 2 is 2.14 bits per heavy atom. The van der Waals surface area contributed by atoms with E-state index in [-0.39, 0.29) is 0 Å². The quantitative estimate of drug-likeness (QED) is 0.680. The van der Waals surface area contributed by atoms with Crippen LogP contribution in [0.25, 0.3) is 11.2 Å². The first-order valence-corrected chi connectivity index (χ1v) is 7.20. The van der Waals surface area contributed by atoms with E-state index in [1.807, 2.05) is 30.5 Å². The number of pyridine rings is 2. The van der Waals surface area contributed by atoms with Gasteiger partial charge in [0.25, 0.3) is 0 Å². The second-order valence-corrected chi connectivity index (χ2v) is 4.99. The zero-order valence-electron chi connectivity index (χ0n) is 11.7. The van der Waals surface area contributed by atoms with Crippen LogP contribution in [0.15, 0.2) is 36.7 Å². The minimum Gasteiger partial charge on any atom is -0.481 e. The van der Waals surface area contributed by atoms with Gasteiger partial charge in [-0.3, -0.25) is 4.98 Å². The van der Waals surface area contributed by atoms with E-state index in [4.69, 9.17) is 16.3 Å². The Balaban J connectivity index is 2.10. The van der Waals surface area contributed by atoms with Crippen molar-refractivity contribution in [3.05, 3.63) is 48.0 Å². The lowest BCUT2D eigenvalue weighted by Gasteiger charge is -2.08. The topological polar surface area (TPSA) is 52.8 Å². The second-order valence-electron chi connectivity index (χ2n) is 4.61. The molecule has 0 saturated carbocycles. The molecule has 0 N–H and O–H groups in total. The summed E-state index contributed by atoms with van der Waals surface area (Å²) >= 11 is 5.89. The summed E-state index contributed by atoms with van der Waals surface area (Å²) in [5.74, 6) is 2.02. The molecule has 3 heterocycles. The van der Waals surface area contributed by atoms with Crippen molar-refractivity contribution in [1.82, 2.24) is 19.5 Å². The highest BCUT2D eigenvalue weighted by atomic mass is 35.5. The maximum Gasteiger partial charge on any atom is 0.215 e. The number of hydrogen-bond acceptors (Lipinski definition) is 4. The number of hydrogen-bond donors (Lipinski definition) is 0. The minimum absolute atomic E-state index is 0.521. The average Bonchev–Trinajstić information content (AvgIpc) is 2.86. The molecule has 5 nitrogen and oxygen atoms in total. The summed E-state index contributed by atoms with van der Waals surface area (Å²) in [7, 11) is 1.61. The summed E-state index contributed by atoms with van der Waals surface area (Å²) in [6, 6.07) is 7.68. The van der Waals surface area contributed by atoms with Gasteiger partial charge in [0.05, 0.1) is 13.7 Å². The lowest BCUT2D eigenvalue weighted by atomic mass is 10.3. The van der Waals surface area contributed by atoms with E-state index >= 15 is 0 Å². The molecule has 0 atom stereocenters. The van der Waals surface area contributed by atoms with E-state index in [1.165, 1.54) is 0 Å². The first-order chi connectivity index (χ1) is 10.3. The van der Waals surface area contributed by atoms with Crippen molar-refractivity contribution in [2.24, 2.45) is 0 Å². The Labute approximate surface area is 127 Å². The van der Waals surface area contributed by atoms with Crippen LogP contribution in [0, 0.1) is 0 Å². The van der Waals surface area contributed by atoms with E-state index in [2.05, 4.69) is 19.5 Å². The number of halogens is 1. The number of aromatic nitrogens is 4. The fourth-order valence-corrected chi connectivity index (χ4v) is 2.43. The molecule has 0 aliphatic carbocycles. The molecule has 21 heavy (non-hydrogen) atoms. The molecule has 0 fully saturated rings. The highest BCUT2D eigenvalue weighted by molar-refractivity contribution is 6.17. The summed E-state index contributed by atoms with van der Waals surface area (Å²) in [5.41, 5.74) is 2.75. The second kappa shape index (κ2) is 6.10. The van der Waals surface area contributed by atoms with Crippen LogP contribution >= 0.6 is 11.6 Å². The maximum atomic E-state index is 5.89. The normalized spacial score (nSPS) is 11.0. The predicted molar refractivity (Wildman–Crippen MR) is 81.8 cm³/mol. The van der Waals surface area contributed by atoms with Gasteiger partial charge in [0, 0.05) is 30.8 Å². The van der Waals surface area contributed by atoms with Crippen LogP contribution in [0.5, 0.6) is 5.88 Å². The third-order valence-corrected chi connectivity index (χ3v) is 3.43. The zero-order valence-corrected chi connectivity index (χ0v) is 12.4. The van der Waals surface area contributed by atoms with Crippen LogP contribution in [-0.2, 0) is 13.0 Å². The summed E-state index contributed by atoms with van der Waals surface area (Å²) in [4.78, 5) is 13.3. The Morgan fingerprint density at radius 3 is 2.86 bits per heavy atom. The number of alkyl halides is 1. The highest BCUT2D eigenvalue weighted by Gasteiger charge is 2.13. The number of nitrogens with zero attached hydrogens (tertiary/aromatic N) is 4. The number of fused-ring (bicyclic) bond motifs is 1. The first kappa shape index (κ1) is 13.8. The van der Waals surface area contributed by atoms with E-state index in [0.717, 1.165) is 22.6 Å². The molecule has 6 heteroatoms. The molecule has 0 saturated heterocycles. The monoisotopic (exact) mass is 302 g/mol. The molecular weight excluding hydrogens is 288 g/mol. The van der Waals surface area contributed by atoms with Crippen LogP contribution in [0.1, 0.15) is 11.4 Å². The van der Waals surface area contributed by atoms with Crippen LogP contribution in [-0.4, -0.2) is 32.5 Å². The molecule has 0 amide bonds. The number of imidazole rings is 1. The Hall–Kier alpha value is -2.14. The molecule has 0 spiro atoms. The van der Waals surface area contributed by atoms with E-state index in [1.54, 1.807) is 13.3 Å². The Morgan fingerprint density at radius 1 is 1.24 bits per heavy atom. The van der Waals surface area contributed by atoms with Gasteiger partial charge >= 0.3 is 0 Å². The fraction of sp³-hybridized carbons (Fsp3) is 0.267. The molecular formula is C15H15ClN4O. The van der Waals surface area contributed by atoms with Crippen LogP contribution in [0.2, 0.25) is 0 Å². The molecule has 0 radical (unpaired) electrons. The smallest absolute Gasteiger partial charge is 0.215 e. The number of rotatable bonds is 5. The third-order valence-electron chi connectivity index (χ3n) is 3.24. The van der Waals surface area contributed by atoms with E-state index in [9.17, 15) is 0 Å². The molecule has 3 rings (SSSR count). The lowest BCUT2D eigenvalue weighted by molar-refractivity contribution is 0.399.